The first-order valence-electron chi connectivity index (χ1n) is 7.11. The molecule has 2 aromatic rings. The van der Waals surface area contributed by atoms with Gasteiger partial charge in [-0.1, -0.05) is 60.6 Å². The number of nitrogens with one attached hydrogen (secondary N) is 1. The molecule has 1 N–H and O–H groups in total. The summed E-state index contributed by atoms with van der Waals surface area (Å²) in [7, 11) is 1.98. The van der Waals surface area contributed by atoms with Gasteiger partial charge in [-0.2, -0.15) is 0 Å². The highest BCUT2D eigenvalue weighted by Gasteiger charge is 2.13. The lowest BCUT2D eigenvalue weighted by Crippen LogP contribution is -2.10. The standard InChI is InChI=1S/C18H22BrNS/c1-18(2,3)14-5-8-16(9-6-14)21-17-10-7-15(19)11-13(17)12-20-4/h5-11,20H,12H2,1-4H3. The molecular weight excluding hydrogens is 342 g/mol. The van der Waals surface area contributed by atoms with Crippen molar-refractivity contribution in [1.29, 1.82) is 0 Å². The summed E-state index contributed by atoms with van der Waals surface area (Å²) < 4.78 is 1.13. The van der Waals surface area contributed by atoms with Crippen LogP contribution < -0.4 is 5.32 Å². The molecule has 0 saturated heterocycles. The Kier molecular flexibility index (Phi) is 5.53. The summed E-state index contributed by atoms with van der Waals surface area (Å²) in [5, 5.41) is 3.23. The molecule has 0 aliphatic rings. The number of hydrogen-bond donors (Lipinski definition) is 1. The van der Waals surface area contributed by atoms with Gasteiger partial charge in [-0.05, 0) is 53.9 Å². The van der Waals surface area contributed by atoms with Crippen molar-refractivity contribution in [3.05, 3.63) is 58.1 Å². The Morgan fingerprint density at radius 2 is 1.71 bits per heavy atom. The molecule has 21 heavy (non-hydrogen) atoms. The van der Waals surface area contributed by atoms with Crippen LogP contribution in [0.2, 0.25) is 0 Å². The maximum absolute atomic E-state index is 3.55. The second kappa shape index (κ2) is 6.99. The van der Waals surface area contributed by atoms with Crippen LogP contribution in [0.5, 0.6) is 0 Å². The largest absolute Gasteiger partial charge is 0.316 e. The highest BCUT2D eigenvalue weighted by Crippen LogP contribution is 2.33. The number of rotatable bonds is 4. The molecule has 0 amide bonds. The highest BCUT2D eigenvalue weighted by molar-refractivity contribution is 9.10. The lowest BCUT2D eigenvalue weighted by Gasteiger charge is -2.19. The predicted octanol–water partition coefficient (Wildman–Crippen LogP) is 5.62. The molecule has 2 aromatic carbocycles. The summed E-state index contributed by atoms with van der Waals surface area (Å²) in [6, 6.07) is 15.4. The third-order valence-corrected chi connectivity index (χ3v) is 4.96. The van der Waals surface area contributed by atoms with Crippen molar-refractivity contribution in [2.75, 3.05) is 7.05 Å². The zero-order valence-electron chi connectivity index (χ0n) is 13.0. The van der Waals surface area contributed by atoms with Crippen molar-refractivity contribution >= 4 is 27.7 Å². The zero-order valence-corrected chi connectivity index (χ0v) is 15.4. The summed E-state index contributed by atoms with van der Waals surface area (Å²) in [5.74, 6) is 0. The van der Waals surface area contributed by atoms with E-state index in [0.717, 1.165) is 11.0 Å². The fourth-order valence-corrected chi connectivity index (χ4v) is 3.46. The second-order valence-corrected chi connectivity index (χ2v) is 8.19. The fourth-order valence-electron chi connectivity index (χ4n) is 2.13. The third-order valence-electron chi connectivity index (χ3n) is 3.34. The molecule has 0 unspecified atom stereocenters. The predicted molar refractivity (Wildman–Crippen MR) is 96.2 cm³/mol. The molecule has 0 fully saturated rings. The number of halogens is 1. The quantitative estimate of drug-likeness (QED) is 0.756. The van der Waals surface area contributed by atoms with Gasteiger partial charge >= 0.3 is 0 Å². The minimum atomic E-state index is 0.206. The van der Waals surface area contributed by atoms with Crippen LogP contribution in [0.3, 0.4) is 0 Å². The van der Waals surface area contributed by atoms with Crippen molar-refractivity contribution in [2.45, 2.75) is 42.5 Å². The third kappa shape index (κ3) is 4.60. The van der Waals surface area contributed by atoms with E-state index in [-0.39, 0.29) is 5.41 Å². The lowest BCUT2D eigenvalue weighted by atomic mass is 9.87. The summed E-state index contributed by atoms with van der Waals surface area (Å²) in [6.07, 6.45) is 0. The van der Waals surface area contributed by atoms with E-state index in [1.807, 2.05) is 18.8 Å². The van der Waals surface area contributed by atoms with Gasteiger partial charge in [-0.3, -0.25) is 0 Å². The van der Waals surface area contributed by atoms with Crippen molar-refractivity contribution in [3.8, 4) is 0 Å². The second-order valence-electron chi connectivity index (χ2n) is 6.16. The van der Waals surface area contributed by atoms with E-state index in [2.05, 4.69) is 84.5 Å². The van der Waals surface area contributed by atoms with Gasteiger partial charge in [0, 0.05) is 20.8 Å². The molecule has 0 bridgehead atoms. The normalized spacial score (nSPS) is 11.7. The minimum Gasteiger partial charge on any atom is -0.316 e. The van der Waals surface area contributed by atoms with E-state index >= 15 is 0 Å². The summed E-state index contributed by atoms with van der Waals surface area (Å²) >= 11 is 5.37. The van der Waals surface area contributed by atoms with E-state index in [0.29, 0.717) is 0 Å². The SMILES string of the molecule is CNCc1cc(Br)ccc1Sc1ccc(C(C)(C)C)cc1. The zero-order chi connectivity index (χ0) is 15.5. The number of benzene rings is 2. The van der Waals surface area contributed by atoms with Gasteiger partial charge in [0.25, 0.3) is 0 Å². The molecule has 112 valence electrons. The Morgan fingerprint density at radius 3 is 2.29 bits per heavy atom. The molecule has 0 aliphatic heterocycles. The van der Waals surface area contributed by atoms with Crippen LogP contribution in [0.25, 0.3) is 0 Å². The Balaban J connectivity index is 2.22. The first-order chi connectivity index (χ1) is 9.90. The molecule has 1 nitrogen and oxygen atoms in total. The first kappa shape index (κ1) is 16.6. The molecule has 0 spiro atoms. The van der Waals surface area contributed by atoms with Crippen molar-refractivity contribution < 1.29 is 0 Å². The van der Waals surface area contributed by atoms with Gasteiger partial charge in [0.1, 0.15) is 0 Å². The van der Waals surface area contributed by atoms with Crippen molar-refractivity contribution in [1.82, 2.24) is 5.32 Å². The van der Waals surface area contributed by atoms with E-state index in [9.17, 15) is 0 Å². The summed E-state index contributed by atoms with van der Waals surface area (Å²) in [6.45, 7) is 7.61. The summed E-state index contributed by atoms with van der Waals surface area (Å²) in [4.78, 5) is 2.58. The van der Waals surface area contributed by atoms with E-state index < -0.39 is 0 Å². The van der Waals surface area contributed by atoms with E-state index in [1.54, 1.807) is 0 Å². The van der Waals surface area contributed by atoms with Gasteiger partial charge in [-0.25, -0.2) is 0 Å². The van der Waals surface area contributed by atoms with Gasteiger partial charge < -0.3 is 5.32 Å². The topological polar surface area (TPSA) is 12.0 Å². The monoisotopic (exact) mass is 363 g/mol. The molecule has 0 radical (unpaired) electrons. The van der Waals surface area contributed by atoms with Crippen LogP contribution in [0.15, 0.2) is 56.7 Å². The first-order valence-corrected chi connectivity index (χ1v) is 8.72. The van der Waals surface area contributed by atoms with Crippen molar-refractivity contribution in [2.24, 2.45) is 0 Å². The Morgan fingerprint density at radius 1 is 1.05 bits per heavy atom. The van der Waals surface area contributed by atoms with E-state index in [4.69, 9.17) is 0 Å². The number of hydrogen-bond acceptors (Lipinski definition) is 2. The maximum atomic E-state index is 3.55. The molecule has 3 heteroatoms. The van der Waals surface area contributed by atoms with Gasteiger partial charge in [0.15, 0.2) is 0 Å². The minimum absolute atomic E-state index is 0.206. The van der Waals surface area contributed by atoms with Crippen LogP contribution in [0.1, 0.15) is 31.9 Å². The van der Waals surface area contributed by atoms with Crippen LogP contribution in [-0.4, -0.2) is 7.05 Å². The lowest BCUT2D eigenvalue weighted by molar-refractivity contribution is 0.590. The van der Waals surface area contributed by atoms with Crippen LogP contribution >= 0.6 is 27.7 Å². The van der Waals surface area contributed by atoms with Gasteiger partial charge in [0.05, 0.1) is 0 Å². The molecular formula is C18H22BrNS. The van der Waals surface area contributed by atoms with Gasteiger partial charge in [0.2, 0.25) is 0 Å². The van der Waals surface area contributed by atoms with Crippen molar-refractivity contribution in [3.63, 3.8) is 0 Å². The van der Waals surface area contributed by atoms with Crippen LogP contribution in [-0.2, 0) is 12.0 Å². The average Bonchev–Trinajstić information content (AvgIpc) is 2.42. The highest BCUT2D eigenvalue weighted by atomic mass is 79.9. The smallest absolute Gasteiger partial charge is 0.0214 e. The molecule has 2 rings (SSSR count). The summed E-state index contributed by atoms with van der Waals surface area (Å²) in [5.41, 5.74) is 2.90. The van der Waals surface area contributed by atoms with E-state index in [1.165, 1.54) is 20.9 Å². The Hall–Kier alpha value is -0.770. The average molecular weight is 364 g/mol. The van der Waals surface area contributed by atoms with Crippen LogP contribution in [0, 0.1) is 0 Å². The molecule has 0 heterocycles. The van der Waals surface area contributed by atoms with Crippen LogP contribution in [0.4, 0.5) is 0 Å². The maximum Gasteiger partial charge on any atom is 0.0214 e. The van der Waals surface area contributed by atoms with Gasteiger partial charge in [-0.15, -0.1) is 0 Å². The molecule has 0 saturated carbocycles. The molecule has 0 aliphatic carbocycles. The Labute approximate surface area is 140 Å². The molecule has 0 aromatic heterocycles. The Bertz CT molecular complexity index is 600. The molecule has 0 atom stereocenters. The fraction of sp³-hybridized carbons (Fsp3) is 0.333.